The van der Waals surface area contributed by atoms with E-state index >= 15 is 0 Å². The molecule has 0 spiro atoms. The first-order chi connectivity index (χ1) is 8.22. The maximum atomic E-state index is 12.0. The zero-order valence-corrected chi connectivity index (χ0v) is 10.1. The van der Waals surface area contributed by atoms with Crippen LogP contribution in [0.2, 0.25) is 0 Å². The smallest absolute Gasteiger partial charge is 0.325 e. The summed E-state index contributed by atoms with van der Waals surface area (Å²) in [5.41, 5.74) is 0. The Morgan fingerprint density at radius 3 is 2.71 bits per heavy atom. The van der Waals surface area contributed by atoms with E-state index in [0.717, 1.165) is 19.5 Å². The van der Waals surface area contributed by atoms with Gasteiger partial charge in [0.2, 0.25) is 0 Å². The third-order valence-electron chi connectivity index (χ3n) is 3.13. The summed E-state index contributed by atoms with van der Waals surface area (Å²) in [4.78, 5) is 27.0. The molecule has 0 aromatic heterocycles. The second kappa shape index (κ2) is 5.46. The third-order valence-corrected chi connectivity index (χ3v) is 3.13. The van der Waals surface area contributed by atoms with Gasteiger partial charge in [0.15, 0.2) is 0 Å². The molecular formula is C11H19N3O3. The van der Waals surface area contributed by atoms with Crippen LogP contribution in [0.15, 0.2) is 0 Å². The molecule has 2 heterocycles. The second-order valence-electron chi connectivity index (χ2n) is 4.43. The first kappa shape index (κ1) is 12.3. The summed E-state index contributed by atoms with van der Waals surface area (Å²) in [6.07, 6.45) is 1.60. The number of carbonyl (C=O) groups excluding carboxylic acids is 2. The molecule has 0 saturated carbocycles. The highest BCUT2D eigenvalue weighted by molar-refractivity contribution is 6.04. The lowest BCUT2D eigenvalue weighted by molar-refractivity contribution is -0.129. The largest absolute Gasteiger partial charge is 0.379 e. The van der Waals surface area contributed by atoms with Crippen LogP contribution in [0, 0.1) is 0 Å². The lowest BCUT2D eigenvalue weighted by Crippen LogP contribution is -2.46. The lowest BCUT2D eigenvalue weighted by atomic mass is 10.2. The molecule has 0 radical (unpaired) electrons. The zero-order valence-electron chi connectivity index (χ0n) is 10.1. The van der Waals surface area contributed by atoms with Crippen LogP contribution in [-0.2, 0) is 9.53 Å². The highest BCUT2D eigenvalue weighted by atomic mass is 16.5. The molecule has 0 aliphatic carbocycles. The molecule has 0 bridgehead atoms. The van der Waals surface area contributed by atoms with Gasteiger partial charge in [0.1, 0.15) is 6.04 Å². The van der Waals surface area contributed by atoms with Gasteiger partial charge in [0.25, 0.3) is 5.91 Å². The number of ether oxygens (including phenoxy) is 1. The van der Waals surface area contributed by atoms with E-state index in [2.05, 4.69) is 10.2 Å². The molecule has 0 aromatic carbocycles. The van der Waals surface area contributed by atoms with E-state index in [9.17, 15) is 9.59 Å². The van der Waals surface area contributed by atoms with Crippen LogP contribution in [0.25, 0.3) is 0 Å². The molecule has 1 N–H and O–H groups in total. The van der Waals surface area contributed by atoms with Gasteiger partial charge in [0.05, 0.1) is 19.9 Å². The summed E-state index contributed by atoms with van der Waals surface area (Å²) in [6, 6.07) is -0.589. The van der Waals surface area contributed by atoms with E-state index < -0.39 is 0 Å². The maximum Gasteiger partial charge on any atom is 0.325 e. The Morgan fingerprint density at radius 2 is 2.06 bits per heavy atom. The average Bonchev–Trinajstić information content (AvgIpc) is 2.59. The van der Waals surface area contributed by atoms with Gasteiger partial charge in [-0.15, -0.1) is 0 Å². The fraction of sp³-hybridized carbons (Fsp3) is 0.818. The SMILES string of the molecule is CCC[C@H]1NC(=O)N(CN2CCOCC2)C1=O. The average molecular weight is 241 g/mol. The van der Waals surface area contributed by atoms with Crippen molar-refractivity contribution in [2.24, 2.45) is 0 Å². The summed E-state index contributed by atoms with van der Waals surface area (Å²) >= 11 is 0. The van der Waals surface area contributed by atoms with Crippen molar-refractivity contribution >= 4 is 11.9 Å². The Balaban J connectivity index is 1.91. The first-order valence-electron chi connectivity index (χ1n) is 6.14. The normalized spacial score (nSPS) is 26.4. The molecular weight excluding hydrogens is 222 g/mol. The Kier molecular flexibility index (Phi) is 3.96. The topological polar surface area (TPSA) is 61.9 Å². The molecule has 3 amide bonds. The molecule has 17 heavy (non-hydrogen) atoms. The van der Waals surface area contributed by atoms with Crippen molar-refractivity contribution in [3.8, 4) is 0 Å². The third kappa shape index (κ3) is 2.76. The number of carbonyl (C=O) groups is 2. The van der Waals surface area contributed by atoms with Crippen molar-refractivity contribution in [2.45, 2.75) is 25.8 Å². The van der Waals surface area contributed by atoms with Gasteiger partial charge in [-0.25, -0.2) is 9.69 Å². The molecule has 0 unspecified atom stereocenters. The molecule has 96 valence electrons. The van der Waals surface area contributed by atoms with Crippen molar-refractivity contribution in [2.75, 3.05) is 33.0 Å². The number of nitrogens with zero attached hydrogens (tertiary/aromatic N) is 2. The summed E-state index contributed by atoms with van der Waals surface area (Å²) in [5.74, 6) is -0.0941. The van der Waals surface area contributed by atoms with Crippen molar-refractivity contribution in [1.82, 2.24) is 15.1 Å². The lowest BCUT2D eigenvalue weighted by Gasteiger charge is -2.29. The van der Waals surface area contributed by atoms with E-state index in [4.69, 9.17) is 4.74 Å². The molecule has 2 rings (SSSR count). The Hall–Kier alpha value is -1.14. The van der Waals surface area contributed by atoms with Crippen LogP contribution in [0.3, 0.4) is 0 Å². The van der Waals surface area contributed by atoms with E-state index in [-0.39, 0.29) is 18.0 Å². The van der Waals surface area contributed by atoms with Gasteiger partial charge in [-0.2, -0.15) is 0 Å². The monoisotopic (exact) mass is 241 g/mol. The van der Waals surface area contributed by atoms with Crippen molar-refractivity contribution in [3.63, 3.8) is 0 Å². The maximum absolute atomic E-state index is 12.0. The quantitative estimate of drug-likeness (QED) is 0.704. The summed E-state index contributed by atoms with van der Waals surface area (Å²) in [7, 11) is 0. The standard InChI is InChI=1S/C11H19N3O3/c1-2-3-9-10(15)14(11(16)12-9)8-13-4-6-17-7-5-13/h9H,2-8H2,1H3,(H,12,16)/t9-/m1/s1. The second-order valence-corrected chi connectivity index (χ2v) is 4.43. The number of hydrogen-bond acceptors (Lipinski definition) is 4. The predicted molar refractivity (Wildman–Crippen MR) is 61.3 cm³/mol. The molecule has 6 nitrogen and oxygen atoms in total. The predicted octanol–water partition coefficient (Wildman–Crippen LogP) is -0.00340. The summed E-state index contributed by atoms with van der Waals surface area (Å²) in [5, 5.41) is 2.72. The Bertz CT molecular complexity index is 302. The van der Waals surface area contributed by atoms with Gasteiger partial charge in [-0.1, -0.05) is 13.3 Å². The molecule has 6 heteroatoms. The Labute approximate surface area is 101 Å². The number of nitrogens with one attached hydrogen (secondary N) is 1. The molecule has 2 aliphatic rings. The molecule has 2 fully saturated rings. The van der Waals surface area contributed by atoms with Crippen LogP contribution in [0.5, 0.6) is 0 Å². The number of imide groups is 1. The van der Waals surface area contributed by atoms with E-state index in [1.165, 1.54) is 4.90 Å². The minimum absolute atomic E-state index is 0.0941. The van der Waals surface area contributed by atoms with E-state index in [1.807, 2.05) is 6.92 Å². The van der Waals surface area contributed by atoms with Gasteiger partial charge in [0, 0.05) is 13.1 Å². The van der Waals surface area contributed by atoms with Crippen LogP contribution in [0.4, 0.5) is 4.79 Å². The van der Waals surface area contributed by atoms with Crippen LogP contribution >= 0.6 is 0 Å². The summed E-state index contributed by atoms with van der Waals surface area (Å²) < 4.78 is 5.23. The fourth-order valence-electron chi connectivity index (χ4n) is 2.14. The van der Waals surface area contributed by atoms with Crippen LogP contribution in [0.1, 0.15) is 19.8 Å². The van der Waals surface area contributed by atoms with Gasteiger partial charge in [-0.05, 0) is 6.42 Å². The van der Waals surface area contributed by atoms with E-state index in [1.54, 1.807) is 0 Å². The number of hydrogen-bond donors (Lipinski definition) is 1. The number of amides is 3. The zero-order chi connectivity index (χ0) is 12.3. The Morgan fingerprint density at radius 1 is 1.35 bits per heavy atom. The van der Waals surface area contributed by atoms with Crippen LogP contribution in [-0.4, -0.2) is 60.8 Å². The van der Waals surface area contributed by atoms with Crippen molar-refractivity contribution < 1.29 is 14.3 Å². The summed E-state index contributed by atoms with van der Waals surface area (Å²) in [6.45, 7) is 5.27. The minimum Gasteiger partial charge on any atom is -0.379 e. The highest BCUT2D eigenvalue weighted by Crippen LogP contribution is 2.12. The van der Waals surface area contributed by atoms with Gasteiger partial charge < -0.3 is 10.1 Å². The molecule has 1 atom stereocenters. The van der Waals surface area contributed by atoms with Crippen molar-refractivity contribution in [3.05, 3.63) is 0 Å². The van der Waals surface area contributed by atoms with Gasteiger partial charge in [-0.3, -0.25) is 9.69 Å². The number of urea groups is 1. The molecule has 0 aromatic rings. The van der Waals surface area contributed by atoms with Crippen molar-refractivity contribution in [1.29, 1.82) is 0 Å². The highest BCUT2D eigenvalue weighted by Gasteiger charge is 2.38. The minimum atomic E-state index is -0.325. The molecule has 2 saturated heterocycles. The van der Waals surface area contributed by atoms with Crippen LogP contribution < -0.4 is 5.32 Å². The number of rotatable bonds is 4. The molecule has 2 aliphatic heterocycles. The van der Waals surface area contributed by atoms with E-state index in [0.29, 0.717) is 26.3 Å². The first-order valence-corrected chi connectivity index (χ1v) is 6.14. The number of morpholine rings is 1. The fourth-order valence-corrected chi connectivity index (χ4v) is 2.14. The van der Waals surface area contributed by atoms with Gasteiger partial charge >= 0.3 is 6.03 Å².